The Balaban J connectivity index is 2.17. The minimum Gasteiger partial charge on any atom is -0.294 e. The minimum absolute atomic E-state index is 0.125. The molecule has 0 saturated heterocycles. The van der Waals surface area contributed by atoms with Gasteiger partial charge in [-0.2, -0.15) is 0 Å². The molecule has 0 radical (unpaired) electrons. The van der Waals surface area contributed by atoms with Gasteiger partial charge in [-0.25, -0.2) is 0 Å². The van der Waals surface area contributed by atoms with Crippen molar-refractivity contribution in [2.24, 2.45) is 0 Å². The van der Waals surface area contributed by atoms with E-state index in [1.165, 1.54) is 0 Å². The van der Waals surface area contributed by atoms with Crippen molar-refractivity contribution < 1.29 is 4.79 Å². The zero-order valence-corrected chi connectivity index (χ0v) is 12.2. The van der Waals surface area contributed by atoms with Gasteiger partial charge in [0.1, 0.15) is 0 Å². The van der Waals surface area contributed by atoms with Crippen molar-refractivity contribution in [3.05, 3.63) is 68.6 Å². The van der Waals surface area contributed by atoms with Crippen molar-refractivity contribution in [2.45, 2.75) is 6.42 Å². The molecule has 0 amide bonds. The summed E-state index contributed by atoms with van der Waals surface area (Å²) in [4.78, 5) is 12.1. The predicted molar refractivity (Wildman–Crippen MR) is 76.3 cm³/mol. The van der Waals surface area contributed by atoms with E-state index >= 15 is 0 Å². The van der Waals surface area contributed by atoms with E-state index in [0.29, 0.717) is 6.42 Å². The van der Waals surface area contributed by atoms with Crippen LogP contribution in [0.1, 0.15) is 15.9 Å². The zero-order chi connectivity index (χ0) is 12.3. The van der Waals surface area contributed by atoms with Gasteiger partial charge in [0.05, 0.1) is 0 Å². The van der Waals surface area contributed by atoms with E-state index in [0.717, 1.165) is 20.1 Å². The molecule has 2 aromatic rings. The van der Waals surface area contributed by atoms with Crippen molar-refractivity contribution in [2.75, 3.05) is 0 Å². The second-order valence-electron chi connectivity index (χ2n) is 3.71. The normalized spacial score (nSPS) is 10.2. The fourth-order valence-corrected chi connectivity index (χ4v) is 2.34. The summed E-state index contributed by atoms with van der Waals surface area (Å²) in [6.45, 7) is 0. The Morgan fingerprint density at radius 2 is 1.59 bits per heavy atom. The summed E-state index contributed by atoms with van der Waals surface area (Å²) in [5, 5.41) is 0. The number of hydrogen-bond donors (Lipinski definition) is 0. The van der Waals surface area contributed by atoms with Crippen LogP contribution in [0, 0.1) is 0 Å². The van der Waals surface area contributed by atoms with E-state index in [1.807, 2.05) is 48.5 Å². The highest BCUT2D eigenvalue weighted by molar-refractivity contribution is 9.10. The number of benzene rings is 2. The van der Waals surface area contributed by atoms with Gasteiger partial charge in [-0.05, 0) is 23.8 Å². The molecule has 2 rings (SSSR count). The Hall–Kier alpha value is -0.930. The van der Waals surface area contributed by atoms with E-state index < -0.39 is 0 Å². The van der Waals surface area contributed by atoms with Crippen LogP contribution in [0.5, 0.6) is 0 Å². The van der Waals surface area contributed by atoms with Gasteiger partial charge in [-0.15, -0.1) is 0 Å². The minimum atomic E-state index is 0.125. The Morgan fingerprint density at radius 1 is 0.941 bits per heavy atom. The third kappa shape index (κ3) is 3.27. The van der Waals surface area contributed by atoms with Crippen molar-refractivity contribution >= 4 is 37.6 Å². The van der Waals surface area contributed by atoms with Crippen molar-refractivity contribution in [1.82, 2.24) is 0 Å². The third-order valence-electron chi connectivity index (χ3n) is 2.45. The number of hydrogen-bond acceptors (Lipinski definition) is 1. The smallest absolute Gasteiger partial charge is 0.168 e. The van der Waals surface area contributed by atoms with Crippen molar-refractivity contribution in [1.29, 1.82) is 0 Å². The van der Waals surface area contributed by atoms with Crippen LogP contribution in [0.4, 0.5) is 0 Å². The second kappa shape index (κ2) is 5.61. The van der Waals surface area contributed by atoms with Gasteiger partial charge in [0.15, 0.2) is 5.78 Å². The molecule has 17 heavy (non-hydrogen) atoms. The number of halogens is 2. The lowest BCUT2D eigenvalue weighted by molar-refractivity contribution is 0.0992. The molecule has 1 nitrogen and oxygen atoms in total. The van der Waals surface area contributed by atoms with Crippen LogP contribution in [0.25, 0.3) is 0 Å². The number of rotatable bonds is 3. The molecule has 0 saturated carbocycles. The molecule has 0 aliphatic rings. The van der Waals surface area contributed by atoms with E-state index in [-0.39, 0.29) is 5.78 Å². The molecule has 0 fully saturated rings. The summed E-state index contributed by atoms with van der Waals surface area (Å²) >= 11 is 6.77. The van der Waals surface area contributed by atoms with E-state index in [2.05, 4.69) is 31.9 Å². The molecule has 0 aliphatic heterocycles. The van der Waals surface area contributed by atoms with E-state index in [4.69, 9.17) is 0 Å². The first-order chi connectivity index (χ1) is 8.16. The SMILES string of the molecule is O=C(Cc1ccc(Br)cc1)c1ccccc1Br. The number of carbonyl (C=O) groups excluding carboxylic acids is 1. The summed E-state index contributed by atoms with van der Waals surface area (Å²) in [7, 11) is 0. The Labute approximate surface area is 117 Å². The highest BCUT2D eigenvalue weighted by atomic mass is 79.9. The maximum atomic E-state index is 12.1. The first-order valence-electron chi connectivity index (χ1n) is 5.19. The topological polar surface area (TPSA) is 17.1 Å². The third-order valence-corrected chi connectivity index (χ3v) is 3.67. The molecule has 0 unspecified atom stereocenters. The maximum Gasteiger partial charge on any atom is 0.168 e. The number of carbonyl (C=O) groups is 1. The molecule has 3 heteroatoms. The van der Waals surface area contributed by atoms with Gasteiger partial charge in [0.25, 0.3) is 0 Å². The molecular weight excluding hydrogens is 344 g/mol. The van der Waals surface area contributed by atoms with Gasteiger partial charge < -0.3 is 0 Å². The van der Waals surface area contributed by atoms with E-state index in [1.54, 1.807) is 0 Å². The molecule has 0 spiro atoms. The van der Waals surface area contributed by atoms with Crippen LogP contribution in [0.3, 0.4) is 0 Å². The van der Waals surface area contributed by atoms with Crippen molar-refractivity contribution in [3.63, 3.8) is 0 Å². The molecule has 0 atom stereocenters. The molecule has 0 N–H and O–H groups in total. The maximum absolute atomic E-state index is 12.1. The van der Waals surface area contributed by atoms with Gasteiger partial charge >= 0.3 is 0 Å². The Bertz CT molecular complexity index is 532. The fraction of sp³-hybridized carbons (Fsp3) is 0.0714. The van der Waals surface area contributed by atoms with Gasteiger partial charge in [0, 0.05) is 20.9 Å². The molecule has 0 heterocycles. The van der Waals surface area contributed by atoms with Crippen LogP contribution < -0.4 is 0 Å². The monoisotopic (exact) mass is 352 g/mol. The average Bonchev–Trinajstić information content (AvgIpc) is 2.32. The average molecular weight is 354 g/mol. The molecular formula is C14H10Br2O. The van der Waals surface area contributed by atoms with Crippen LogP contribution in [-0.2, 0) is 6.42 Å². The Kier molecular flexibility index (Phi) is 4.13. The standard InChI is InChI=1S/C14H10Br2O/c15-11-7-5-10(6-8-11)9-14(17)12-3-1-2-4-13(12)16/h1-8H,9H2. The summed E-state index contributed by atoms with van der Waals surface area (Å²) in [5.41, 5.74) is 1.75. The molecule has 86 valence electrons. The lowest BCUT2D eigenvalue weighted by Gasteiger charge is -2.03. The number of Topliss-reactive ketones (excluding diaryl/α,β-unsaturated/α-hetero) is 1. The van der Waals surface area contributed by atoms with Gasteiger partial charge in [0.2, 0.25) is 0 Å². The highest BCUT2D eigenvalue weighted by Gasteiger charge is 2.09. The second-order valence-corrected chi connectivity index (χ2v) is 5.48. The largest absolute Gasteiger partial charge is 0.294 e. The van der Waals surface area contributed by atoms with Crippen molar-refractivity contribution in [3.8, 4) is 0 Å². The number of ketones is 1. The predicted octanol–water partition coefficient (Wildman–Crippen LogP) is 4.64. The van der Waals surface area contributed by atoms with Crippen LogP contribution in [0.15, 0.2) is 57.5 Å². The highest BCUT2D eigenvalue weighted by Crippen LogP contribution is 2.19. The first kappa shape index (κ1) is 12.5. The zero-order valence-electron chi connectivity index (χ0n) is 8.99. The summed E-state index contributed by atoms with van der Waals surface area (Å²) in [6.07, 6.45) is 0.426. The first-order valence-corrected chi connectivity index (χ1v) is 6.77. The molecule has 0 aliphatic carbocycles. The lowest BCUT2D eigenvalue weighted by atomic mass is 10.0. The van der Waals surface area contributed by atoms with E-state index in [9.17, 15) is 4.79 Å². The molecule has 0 aromatic heterocycles. The van der Waals surface area contributed by atoms with Gasteiger partial charge in [-0.1, -0.05) is 62.2 Å². The fourth-order valence-electron chi connectivity index (χ4n) is 1.57. The summed E-state index contributed by atoms with van der Waals surface area (Å²) in [6, 6.07) is 15.3. The molecule has 0 bridgehead atoms. The van der Waals surface area contributed by atoms with Crippen LogP contribution in [-0.4, -0.2) is 5.78 Å². The lowest BCUT2D eigenvalue weighted by Crippen LogP contribution is -2.04. The summed E-state index contributed by atoms with van der Waals surface area (Å²) in [5.74, 6) is 0.125. The summed E-state index contributed by atoms with van der Waals surface area (Å²) < 4.78 is 1.87. The van der Waals surface area contributed by atoms with Gasteiger partial charge in [-0.3, -0.25) is 4.79 Å². The van der Waals surface area contributed by atoms with Crippen LogP contribution in [0.2, 0.25) is 0 Å². The molecule has 2 aromatic carbocycles. The Morgan fingerprint density at radius 3 is 2.24 bits per heavy atom. The van der Waals surface area contributed by atoms with Crippen LogP contribution >= 0.6 is 31.9 Å². The quantitative estimate of drug-likeness (QED) is 0.735.